The number of aliphatic imine (C=N–C) groups is 1. The molecule has 0 saturated heterocycles. The number of aromatic hydroxyl groups is 1. The topological polar surface area (TPSA) is 37.5 Å². The summed E-state index contributed by atoms with van der Waals surface area (Å²) in [6.45, 7) is 2.04. The highest BCUT2D eigenvalue weighted by Crippen LogP contribution is 2.29. The van der Waals surface area contributed by atoms with Crippen LogP contribution in [0.1, 0.15) is 11.1 Å². The van der Waals surface area contributed by atoms with E-state index in [0.717, 1.165) is 22.2 Å². The Balaban J connectivity index is 2.09. The van der Waals surface area contributed by atoms with Gasteiger partial charge < -0.3 is 9.67 Å². The van der Waals surface area contributed by atoms with E-state index in [-0.39, 0.29) is 5.88 Å². The van der Waals surface area contributed by atoms with Crippen LogP contribution in [0.15, 0.2) is 53.5 Å². The van der Waals surface area contributed by atoms with Gasteiger partial charge in [-0.15, -0.1) is 0 Å². The predicted molar refractivity (Wildman–Crippen MR) is 83.0 cm³/mol. The van der Waals surface area contributed by atoms with Gasteiger partial charge in [-0.3, -0.25) is 4.99 Å². The Morgan fingerprint density at radius 2 is 1.90 bits per heavy atom. The van der Waals surface area contributed by atoms with Crippen molar-refractivity contribution in [1.29, 1.82) is 0 Å². The number of rotatable bonds is 2. The summed E-state index contributed by atoms with van der Waals surface area (Å²) in [5, 5.41) is 11.2. The molecule has 3 heteroatoms. The lowest BCUT2D eigenvalue weighted by molar-refractivity contribution is 0.434. The number of hydrogen-bond acceptors (Lipinski definition) is 2. The Morgan fingerprint density at radius 1 is 1.10 bits per heavy atom. The molecule has 20 heavy (non-hydrogen) atoms. The summed E-state index contributed by atoms with van der Waals surface area (Å²) in [5.74, 6) is 0.239. The number of para-hydroxylation sites is 1. The lowest BCUT2D eigenvalue weighted by atomic mass is 10.2. The van der Waals surface area contributed by atoms with Gasteiger partial charge in [0.25, 0.3) is 0 Å². The molecule has 0 spiro atoms. The van der Waals surface area contributed by atoms with Crippen molar-refractivity contribution in [3.05, 3.63) is 59.7 Å². The molecule has 100 valence electrons. The minimum absolute atomic E-state index is 0.239. The lowest BCUT2D eigenvalue weighted by Gasteiger charge is -1.97. The summed E-state index contributed by atoms with van der Waals surface area (Å²) >= 11 is 0. The summed E-state index contributed by atoms with van der Waals surface area (Å²) in [6, 6.07) is 15.9. The standard InChI is InChI=1S/C17H16N2O/c1-12-6-5-7-13(10-12)18-11-15-14-8-3-4-9-16(14)19(2)17(15)20/h3-11,20H,1-2H3. The van der Waals surface area contributed by atoms with Crippen molar-refractivity contribution < 1.29 is 5.11 Å². The van der Waals surface area contributed by atoms with Crippen molar-refractivity contribution in [3.63, 3.8) is 0 Å². The molecule has 3 nitrogen and oxygen atoms in total. The summed E-state index contributed by atoms with van der Waals surface area (Å²) in [7, 11) is 1.85. The van der Waals surface area contributed by atoms with Crippen LogP contribution >= 0.6 is 0 Å². The van der Waals surface area contributed by atoms with Gasteiger partial charge in [-0.25, -0.2) is 0 Å². The highest BCUT2D eigenvalue weighted by atomic mass is 16.3. The van der Waals surface area contributed by atoms with E-state index >= 15 is 0 Å². The molecule has 0 fully saturated rings. The van der Waals surface area contributed by atoms with Crippen LogP contribution in [-0.4, -0.2) is 15.9 Å². The molecule has 0 saturated carbocycles. The Kier molecular flexibility index (Phi) is 3.03. The molecule has 0 amide bonds. The van der Waals surface area contributed by atoms with Gasteiger partial charge in [-0.2, -0.15) is 0 Å². The van der Waals surface area contributed by atoms with Crippen LogP contribution in [0.2, 0.25) is 0 Å². The van der Waals surface area contributed by atoms with Crippen molar-refractivity contribution in [1.82, 2.24) is 4.57 Å². The third-order valence-electron chi connectivity index (χ3n) is 3.46. The quantitative estimate of drug-likeness (QED) is 0.699. The first-order chi connectivity index (χ1) is 9.66. The minimum atomic E-state index is 0.239. The number of nitrogens with zero attached hydrogens (tertiary/aromatic N) is 2. The monoisotopic (exact) mass is 264 g/mol. The number of aromatic nitrogens is 1. The highest BCUT2D eigenvalue weighted by molar-refractivity contribution is 6.03. The number of benzene rings is 2. The second-order valence-corrected chi connectivity index (χ2v) is 4.91. The van der Waals surface area contributed by atoms with E-state index in [4.69, 9.17) is 0 Å². The molecule has 0 aliphatic heterocycles. The summed E-state index contributed by atoms with van der Waals surface area (Å²) < 4.78 is 1.77. The van der Waals surface area contributed by atoms with E-state index < -0.39 is 0 Å². The van der Waals surface area contributed by atoms with Gasteiger partial charge in [0.1, 0.15) is 0 Å². The normalized spacial score (nSPS) is 11.5. The molecule has 0 radical (unpaired) electrons. The number of hydrogen-bond donors (Lipinski definition) is 1. The lowest BCUT2D eigenvalue weighted by Crippen LogP contribution is -1.85. The summed E-state index contributed by atoms with van der Waals surface area (Å²) in [4.78, 5) is 4.46. The molecule has 0 unspecified atom stereocenters. The van der Waals surface area contributed by atoms with Gasteiger partial charge in [-0.05, 0) is 30.7 Å². The maximum atomic E-state index is 10.2. The van der Waals surface area contributed by atoms with Crippen LogP contribution in [0.25, 0.3) is 10.9 Å². The van der Waals surface area contributed by atoms with Crippen LogP contribution in [0.3, 0.4) is 0 Å². The molecular weight excluding hydrogens is 248 g/mol. The molecule has 0 atom stereocenters. The van der Waals surface area contributed by atoms with Crippen LogP contribution < -0.4 is 0 Å². The SMILES string of the molecule is Cc1cccc(N=Cc2c(O)n(C)c3ccccc23)c1. The van der Waals surface area contributed by atoms with Crippen molar-refractivity contribution >= 4 is 22.8 Å². The second kappa shape index (κ2) is 4.85. The van der Waals surface area contributed by atoms with Crippen molar-refractivity contribution in [3.8, 4) is 5.88 Å². The van der Waals surface area contributed by atoms with E-state index in [1.807, 2.05) is 62.5 Å². The Morgan fingerprint density at radius 3 is 2.70 bits per heavy atom. The number of fused-ring (bicyclic) bond motifs is 1. The van der Waals surface area contributed by atoms with Crippen molar-refractivity contribution in [2.75, 3.05) is 0 Å². The van der Waals surface area contributed by atoms with E-state index in [9.17, 15) is 5.11 Å². The van der Waals surface area contributed by atoms with Gasteiger partial charge in [0, 0.05) is 18.6 Å². The van der Waals surface area contributed by atoms with E-state index in [2.05, 4.69) is 4.99 Å². The average Bonchev–Trinajstić information content (AvgIpc) is 2.70. The fraction of sp³-hybridized carbons (Fsp3) is 0.118. The third kappa shape index (κ3) is 2.07. The van der Waals surface area contributed by atoms with Crippen molar-refractivity contribution in [2.24, 2.45) is 12.0 Å². The smallest absolute Gasteiger partial charge is 0.200 e. The predicted octanol–water partition coefficient (Wildman–Crippen LogP) is 3.94. The van der Waals surface area contributed by atoms with Gasteiger partial charge in [0.05, 0.1) is 16.8 Å². The third-order valence-corrected chi connectivity index (χ3v) is 3.46. The Labute approximate surface area is 117 Å². The summed E-state index contributed by atoms with van der Waals surface area (Å²) in [5.41, 5.74) is 3.81. The van der Waals surface area contributed by atoms with Crippen LogP contribution in [0.4, 0.5) is 5.69 Å². The molecule has 0 aliphatic carbocycles. The van der Waals surface area contributed by atoms with Gasteiger partial charge >= 0.3 is 0 Å². The molecule has 0 bridgehead atoms. The molecule has 2 aromatic carbocycles. The molecule has 3 aromatic rings. The molecule has 3 rings (SSSR count). The molecule has 1 aromatic heterocycles. The maximum Gasteiger partial charge on any atom is 0.200 e. The molecule has 1 heterocycles. The largest absolute Gasteiger partial charge is 0.494 e. The van der Waals surface area contributed by atoms with Crippen LogP contribution in [0, 0.1) is 6.92 Å². The average molecular weight is 264 g/mol. The fourth-order valence-corrected chi connectivity index (χ4v) is 2.38. The summed E-state index contributed by atoms with van der Waals surface area (Å²) in [6.07, 6.45) is 1.73. The van der Waals surface area contributed by atoms with E-state index in [1.165, 1.54) is 5.56 Å². The highest BCUT2D eigenvalue weighted by Gasteiger charge is 2.11. The van der Waals surface area contributed by atoms with E-state index in [0.29, 0.717) is 0 Å². The molecule has 1 N–H and O–H groups in total. The van der Waals surface area contributed by atoms with Crippen LogP contribution in [-0.2, 0) is 7.05 Å². The van der Waals surface area contributed by atoms with Gasteiger partial charge in [-0.1, -0.05) is 30.3 Å². The van der Waals surface area contributed by atoms with Gasteiger partial charge in [0.15, 0.2) is 0 Å². The number of aryl methyl sites for hydroxylation is 2. The molecule has 0 aliphatic rings. The zero-order chi connectivity index (χ0) is 14.1. The minimum Gasteiger partial charge on any atom is -0.494 e. The first-order valence-electron chi connectivity index (χ1n) is 6.54. The zero-order valence-corrected chi connectivity index (χ0v) is 11.5. The fourth-order valence-electron chi connectivity index (χ4n) is 2.38. The Bertz CT molecular complexity index is 800. The van der Waals surface area contributed by atoms with Crippen LogP contribution in [0.5, 0.6) is 5.88 Å². The van der Waals surface area contributed by atoms with Gasteiger partial charge in [0.2, 0.25) is 5.88 Å². The molecular formula is C17H16N2O. The first kappa shape index (κ1) is 12.5. The van der Waals surface area contributed by atoms with Crippen molar-refractivity contribution in [2.45, 2.75) is 6.92 Å². The first-order valence-corrected chi connectivity index (χ1v) is 6.54. The zero-order valence-electron chi connectivity index (χ0n) is 11.5. The Hall–Kier alpha value is -2.55. The van der Waals surface area contributed by atoms with E-state index in [1.54, 1.807) is 10.8 Å². The maximum absolute atomic E-state index is 10.2. The second-order valence-electron chi connectivity index (χ2n) is 4.91.